The van der Waals surface area contributed by atoms with E-state index in [1.54, 1.807) is 0 Å². The summed E-state index contributed by atoms with van der Waals surface area (Å²) in [5, 5.41) is 10.9. The standard InChI is InChI=1S/C15H19FN2O4/c1-21-15-8-12(11(16)7-13(15)18(19)20)17-5-4-14-10(9-17)3-2-6-22-14/h7-8,10,14H,2-6,9H2,1H3. The smallest absolute Gasteiger partial charge is 0.313 e. The molecule has 2 fully saturated rings. The Bertz CT molecular complexity index is 581. The fourth-order valence-electron chi connectivity index (χ4n) is 3.39. The van der Waals surface area contributed by atoms with Crippen LogP contribution in [0.15, 0.2) is 12.1 Å². The van der Waals surface area contributed by atoms with Crippen LogP contribution in [0, 0.1) is 21.8 Å². The van der Waals surface area contributed by atoms with Gasteiger partial charge in [-0.2, -0.15) is 0 Å². The first kappa shape index (κ1) is 15.0. The molecule has 3 rings (SSSR count). The Hall–Kier alpha value is -1.89. The van der Waals surface area contributed by atoms with Crippen molar-refractivity contribution in [1.29, 1.82) is 0 Å². The molecule has 0 radical (unpaired) electrons. The largest absolute Gasteiger partial charge is 0.490 e. The third kappa shape index (κ3) is 2.72. The molecule has 2 atom stereocenters. The molecular formula is C15H19FN2O4. The van der Waals surface area contributed by atoms with E-state index in [0.29, 0.717) is 24.7 Å². The van der Waals surface area contributed by atoms with Gasteiger partial charge >= 0.3 is 5.69 Å². The maximum absolute atomic E-state index is 14.3. The Kier molecular flexibility index (Phi) is 4.15. The van der Waals surface area contributed by atoms with E-state index in [1.807, 2.05) is 4.90 Å². The fraction of sp³-hybridized carbons (Fsp3) is 0.600. The molecule has 22 heavy (non-hydrogen) atoms. The Labute approximate surface area is 128 Å². The van der Waals surface area contributed by atoms with Crippen molar-refractivity contribution in [3.63, 3.8) is 0 Å². The number of piperidine rings is 1. The van der Waals surface area contributed by atoms with Gasteiger partial charge in [-0.05, 0) is 19.3 Å². The highest BCUT2D eigenvalue weighted by Gasteiger charge is 2.33. The zero-order chi connectivity index (χ0) is 15.7. The molecule has 2 unspecified atom stereocenters. The van der Waals surface area contributed by atoms with Gasteiger partial charge in [0.1, 0.15) is 0 Å². The summed E-state index contributed by atoms with van der Waals surface area (Å²) in [6, 6.07) is 2.37. The number of fused-ring (bicyclic) bond motifs is 1. The number of halogens is 1. The van der Waals surface area contributed by atoms with E-state index in [9.17, 15) is 14.5 Å². The van der Waals surface area contributed by atoms with Crippen LogP contribution in [-0.2, 0) is 4.74 Å². The Balaban J connectivity index is 1.86. The van der Waals surface area contributed by atoms with E-state index in [1.165, 1.54) is 13.2 Å². The van der Waals surface area contributed by atoms with E-state index in [4.69, 9.17) is 9.47 Å². The zero-order valence-electron chi connectivity index (χ0n) is 12.5. The van der Waals surface area contributed by atoms with E-state index >= 15 is 0 Å². The van der Waals surface area contributed by atoms with Crippen LogP contribution in [0.3, 0.4) is 0 Å². The normalized spacial score (nSPS) is 24.7. The van der Waals surface area contributed by atoms with Crippen LogP contribution in [0.4, 0.5) is 15.8 Å². The van der Waals surface area contributed by atoms with Gasteiger partial charge in [0.25, 0.3) is 0 Å². The van der Waals surface area contributed by atoms with Crippen LogP contribution in [0.1, 0.15) is 19.3 Å². The molecule has 0 aromatic heterocycles. The van der Waals surface area contributed by atoms with Crippen LogP contribution < -0.4 is 9.64 Å². The Morgan fingerprint density at radius 1 is 1.45 bits per heavy atom. The maximum Gasteiger partial charge on any atom is 0.313 e. The molecule has 2 saturated heterocycles. The van der Waals surface area contributed by atoms with Crippen molar-refractivity contribution >= 4 is 11.4 Å². The van der Waals surface area contributed by atoms with Gasteiger partial charge in [-0.15, -0.1) is 0 Å². The molecule has 1 aromatic rings. The van der Waals surface area contributed by atoms with Gasteiger partial charge in [0, 0.05) is 31.7 Å². The molecule has 2 aliphatic heterocycles. The molecular weight excluding hydrogens is 291 g/mol. The number of nitro benzene ring substituents is 1. The van der Waals surface area contributed by atoms with Gasteiger partial charge in [0.05, 0.1) is 29.9 Å². The minimum atomic E-state index is -0.632. The van der Waals surface area contributed by atoms with Gasteiger partial charge < -0.3 is 14.4 Å². The van der Waals surface area contributed by atoms with Gasteiger partial charge in [-0.25, -0.2) is 4.39 Å². The average molecular weight is 310 g/mol. The van der Waals surface area contributed by atoms with Gasteiger partial charge in [-0.1, -0.05) is 0 Å². The second kappa shape index (κ2) is 6.08. The number of hydrogen-bond donors (Lipinski definition) is 0. The molecule has 0 amide bonds. The first-order valence-electron chi connectivity index (χ1n) is 7.48. The summed E-state index contributed by atoms with van der Waals surface area (Å²) in [7, 11) is 1.35. The summed E-state index contributed by atoms with van der Waals surface area (Å²) < 4.78 is 25.1. The molecule has 0 saturated carbocycles. The monoisotopic (exact) mass is 310 g/mol. The number of rotatable bonds is 3. The van der Waals surface area contributed by atoms with Crippen molar-refractivity contribution in [2.75, 3.05) is 31.7 Å². The minimum absolute atomic E-state index is 0.0865. The zero-order valence-corrected chi connectivity index (χ0v) is 12.5. The topological polar surface area (TPSA) is 64.8 Å². The van der Waals surface area contributed by atoms with Crippen molar-refractivity contribution in [2.24, 2.45) is 5.92 Å². The number of methoxy groups -OCH3 is 1. The number of benzene rings is 1. The van der Waals surface area contributed by atoms with E-state index in [0.717, 1.165) is 31.9 Å². The summed E-state index contributed by atoms with van der Waals surface area (Å²) in [6.45, 7) is 2.20. The lowest BCUT2D eigenvalue weighted by molar-refractivity contribution is -0.385. The third-order valence-electron chi connectivity index (χ3n) is 4.50. The predicted molar refractivity (Wildman–Crippen MR) is 78.9 cm³/mol. The van der Waals surface area contributed by atoms with Crippen molar-refractivity contribution in [3.8, 4) is 5.75 Å². The molecule has 2 aliphatic rings. The van der Waals surface area contributed by atoms with E-state index in [2.05, 4.69) is 0 Å². The Morgan fingerprint density at radius 2 is 2.27 bits per heavy atom. The summed E-state index contributed by atoms with van der Waals surface area (Å²) in [6.07, 6.45) is 3.21. The van der Waals surface area contributed by atoms with Gasteiger partial charge in [0.2, 0.25) is 0 Å². The predicted octanol–water partition coefficient (Wildman–Crippen LogP) is 2.75. The lowest BCUT2D eigenvalue weighted by Crippen LogP contribution is -2.46. The van der Waals surface area contributed by atoms with Crippen molar-refractivity contribution in [3.05, 3.63) is 28.1 Å². The molecule has 0 aliphatic carbocycles. The molecule has 0 bridgehead atoms. The first-order valence-corrected chi connectivity index (χ1v) is 7.48. The highest BCUT2D eigenvalue weighted by atomic mass is 19.1. The average Bonchev–Trinajstić information content (AvgIpc) is 2.54. The van der Waals surface area contributed by atoms with Crippen molar-refractivity contribution in [2.45, 2.75) is 25.4 Å². The van der Waals surface area contributed by atoms with Crippen molar-refractivity contribution < 1.29 is 18.8 Å². The highest BCUT2D eigenvalue weighted by Crippen LogP contribution is 2.37. The highest BCUT2D eigenvalue weighted by molar-refractivity contribution is 5.60. The van der Waals surface area contributed by atoms with Crippen molar-refractivity contribution in [1.82, 2.24) is 0 Å². The van der Waals surface area contributed by atoms with Gasteiger partial charge in [-0.3, -0.25) is 10.1 Å². The molecule has 7 heteroatoms. The van der Waals surface area contributed by atoms with E-state index < -0.39 is 10.7 Å². The Morgan fingerprint density at radius 3 is 3.00 bits per heavy atom. The lowest BCUT2D eigenvalue weighted by atomic mass is 9.88. The maximum atomic E-state index is 14.3. The third-order valence-corrected chi connectivity index (χ3v) is 4.50. The summed E-state index contributed by atoms with van der Waals surface area (Å²) in [4.78, 5) is 12.2. The number of hydrogen-bond acceptors (Lipinski definition) is 5. The number of ether oxygens (including phenoxy) is 2. The molecule has 0 N–H and O–H groups in total. The SMILES string of the molecule is COc1cc(N2CCC3OCCCC3C2)c(F)cc1[N+](=O)[O-]. The second-order valence-corrected chi connectivity index (χ2v) is 5.78. The summed E-state index contributed by atoms with van der Waals surface area (Å²) >= 11 is 0. The van der Waals surface area contributed by atoms with Gasteiger partial charge in [0.15, 0.2) is 11.6 Å². The molecule has 0 spiro atoms. The van der Waals surface area contributed by atoms with Crippen LogP contribution in [0.5, 0.6) is 5.75 Å². The second-order valence-electron chi connectivity index (χ2n) is 5.78. The molecule has 6 nitrogen and oxygen atoms in total. The first-order chi connectivity index (χ1) is 10.6. The number of nitrogens with zero attached hydrogens (tertiary/aromatic N) is 2. The summed E-state index contributed by atoms with van der Waals surface area (Å²) in [5.74, 6) is -0.103. The van der Waals surface area contributed by atoms with Crippen LogP contribution in [0.25, 0.3) is 0 Å². The minimum Gasteiger partial charge on any atom is -0.490 e. The number of nitro groups is 1. The summed E-state index contributed by atoms with van der Waals surface area (Å²) in [5.41, 5.74) is 0.0195. The molecule has 2 heterocycles. The number of anilines is 1. The van der Waals surface area contributed by atoms with E-state index in [-0.39, 0.29) is 17.5 Å². The quantitative estimate of drug-likeness (QED) is 0.634. The molecule has 1 aromatic carbocycles. The molecule has 120 valence electrons. The fourth-order valence-corrected chi connectivity index (χ4v) is 3.39. The van der Waals surface area contributed by atoms with Crippen LogP contribution >= 0.6 is 0 Å². The lowest BCUT2D eigenvalue weighted by Gasteiger charge is -2.42. The van der Waals surface area contributed by atoms with Crippen LogP contribution in [0.2, 0.25) is 0 Å². The van der Waals surface area contributed by atoms with Crippen LogP contribution in [-0.4, -0.2) is 37.8 Å².